The summed E-state index contributed by atoms with van der Waals surface area (Å²) in [6.07, 6.45) is 2.29. The lowest BCUT2D eigenvalue weighted by Gasteiger charge is -2.35. The molecule has 94 valence electrons. The normalized spacial score (nSPS) is 25.4. The second kappa shape index (κ2) is 5.00. The molecular weight excluding hydrogens is 214 g/mol. The standard InChI is InChI=1S/C13H21N3O/c1-9(2)11-6-13(15-8-14-11)16-5-4-12(17)10(3)7-16/h6,8-10,12,17H,4-5,7H2,1-3H3. The first-order chi connectivity index (χ1) is 8.08. The van der Waals surface area contributed by atoms with E-state index in [4.69, 9.17) is 0 Å². The zero-order valence-corrected chi connectivity index (χ0v) is 10.8. The Balaban J connectivity index is 2.14. The van der Waals surface area contributed by atoms with Crippen LogP contribution in [-0.4, -0.2) is 34.3 Å². The maximum Gasteiger partial charge on any atom is 0.132 e. The highest BCUT2D eigenvalue weighted by atomic mass is 16.3. The summed E-state index contributed by atoms with van der Waals surface area (Å²) in [7, 11) is 0. The molecule has 0 aromatic carbocycles. The predicted octanol–water partition coefficient (Wildman–Crippen LogP) is 1.81. The second-order valence-electron chi connectivity index (χ2n) is 5.24. The van der Waals surface area contributed by atoms with Crippen molar-refractivity contribution in [1.29, 1.82) is 0 Å². The molecule has 2 rings (SSSR count). The number of rotatable bonds is 2. The summed E-state index contributed by atoms with van der Waals surface area (Å²) in [6, 6.07) is 2.06. The van der Waals surface area contributed by atoms with Crippen molar-refractivity contribution >= 4 is 5.82 Å². The molecule has 2 atom stereocenters. The summed E-state index contributed by atoms with van der Waals surface area (Å²) in [5.74, 6) is 1.72. The third kappa shape index (κ3) is 2.75. The second-order valence-corrected chi connectivity index (χ2v) is 5.24. The van der Waals surface area contributed by atoms with Crippen LogP contribution in [0, 0.1) is 5.92 Å². The summed E-state index contributed by atoms with van der Waals surface area (Å²) >= 11 is 0. The van der Waals surface area contributed by atoms with Crippen molar-refractivity contribution in [3.63, 3.8) is 0 Å². The van der Waals surface area contributed by atoms with Gasteiger partial charge in [-0.2, -0.15) is 0 Å². The van der Waals surface area contributed by atoms with Crippen LogP contribution in [0.5, 0.6) is 0 Å². The van der Waals surface area contributed by atoms with E-state index in [0.29, 0.717) is 11.8 Å². The monoisotopic (exact) mass is 235 g/mol. The molecule has 1 aromatic heterocycles. The van der Waals surface area contributed by atoms with Crippen LogP contribution in [-0.2, 0) is 0 Å². The summed E-state index contributed by atoms with van der Waals surface area (Å²) in [5.41, 5.74) is 1.08. The van der Waals surface area contributed by atoms with Gasteiger partial charge in [-0.25, -0.2) is 9.97 Å². The average molecular weight is 235 g/mol. The summed E-state index contributed by atoms with van der Waals surface area (Å²) in [4.78, 5) is 10.9. The van der Waals surface area contributed by atoms with Crippen molar-refractivity contribution in [3.05, 3.63) is 18.1 Å². The highest BCUT2D eigenvalue weighted by molar-refractivity contribution is 5.40. The van der Waals surface area contributed by atoms with E-state index in [9.17, 15) is 5.11 Å². The van der Waals surface area contributed by atoms with Crippen molar-refractivity contribution in [2.75, 3.05) is 18.0 Å². The van der Waals surface area contributed by atoms with Crippen LogP contribution in [0.4, 0.5) is 5.82 Å². The molecule has 1 N–H and O–H groups in total. The third-order valence-electron chi connectivity index (χ3n) is 3.45. The van der Waals surface area contributed by atoms with E-state index in [-0.39, 0.29) is 6.10 Å². The van der Waals surface area contributed by atoms with Gasteiger partial charge in [0, 0.05) is 24.8 Å². The van der Waals surface area contributed by atoms with Gasteiger partial charge in [-0.15, -0.1) is 0 Å². The Hall–Kier alpha value is -1.16. The Bertz CT molecular complexity index is 381. The van der Waals surface area contributed by atoms with Gasteiger partial charge in [0.05, 0.1) is 6.10 Å². The number of hydrogen-bond donors (Lipinski definition) is 1. The number of nitrogens with zero attached hydrogens (tertiary/aromatic N) is 3. The Labute approximate surface area is 103 Å². The van der Waals surface area contributed by atoms with Crippen molar-refractivity contribution in [1.82, 2.24) is 9.97 Å². The van der Waals surface area contributed by atoms with Crippen molar-refractivity contribution in [2.45, 2.75) is 39.2 Å². The summed E-state index contributed by atoms with van der Waals surface area (Å²) < 4.78 is 0. The highest BCUT2D eigenvalue weighted by Gasteiger charge is 2.25. The zero-order chi connectivity index (χ0) is 12.4. The van der Waals surface area contributed by atoms with E-state index in [2.05, 4.69) is 41.7 Å². The molecule has 17 heavy (non-hydrogen) atoms. The lowest BCUT2D eigenvalue weighted by atomic mass is 9.97. The fourth-order valence-electron chi connectivity index (χ4n) is 2.19. The Morgan fingerprint density at radius 2 is 2.18 bits per heavy atom. The average Bonchev–Trinajstić information content (AvgIpc) is 2.33. The SMILES string of the molecule is CC(C)c1cc(N2CCC(O)C(C)C2)ncn1. The molecule has 0 bridgehead atoms. The fraction of sp³-hybridized carbons (Fsp3) is 0.692. The Morgan fingerprint density at radius 3 is 2.82 bits per heavy atom. The maximum atomic E-state index is 9.73. The lowest BCUT2D eigenvalue weighted by Crippen LogP contribution is -2.42. The predicted molar refractivity (Wildman–Crippen MR) is 68.1 cm³/mol. The molecule has 4 nitrogen and oxygen atoms in total. The molecule has 1 saturated heterocycles. The van der Waals surface area contributed by atoms with E-state index in [0.717, 1.165) is 31.0 Å². The Morgan fingerprint density at radius 1 is 1.41 bits per heavy atom. The van der Waals surface area contributed by atoms with E-state index in [1.165, 1.54) is 0 Å². The first-order valence-electron chi connectivity index (χ1n) is 6.33. The van der Waals surface area contributed by atoms with E-state index >= 15 is 0 Å². The molecule has 1 aliphatic heterocycles. The van der Waals surface area contributed by atoms with Gasteiger partial charge in [0.2, 0.25) is 0 Å². The molecule has 1 fully saturated rings. The van der Waals surface area contributed by atoms with Gasteiger partial charge in [0.1, 0.15) is 12.1 Å². The van der Waals surface area contributed by atoms with Crippen LogP contribution >= 0.6 is 0 Å². The van der Waals surface area contributed by atoms with Crippen LogP contribution in [0.3, 0.4) is 0 Å². The van der Waals surface area contributed by atoms with Crippen molar-refractivity contribution in [2.24, 2.45) is 5.92 Å². The Kier molecular flexibility index (Phi) is 3.62. The molecule has 0 spiro atoms. The molecule has 4 heteroatoms. The minimum Gasteiger partial charge on any atom is -0.393 e. The number of anilines is 1. The molecule has 0 saturated carbocycles. The topological polar surface area (TPSA) is 49.2 Å². The molecule has 1 aromatic rings. The van der Waals surface area contributed by atoms with Crippen molar-refractivity contribution in [3.8, 4) is 0 Å². The van der Waals surface area contributed by atoms with E-state index in [1.807, 2.05) is 0 Å². The van der Waals surface area contributed by atoms with Crippen LogP contribution in [0.25, 0.3) is 0 Å². The molecule has 2 heterocycles. The van der Waals surface area contributed by atoms with Crippen LogP contribution in [0.2, 0.25) is 0 Å². The maximum absolute atomic E-state index is 9.73. The van der Waals surface area contributed by atoms with Gasteiger partial charge in [-0.3, -0.25) is 0 Å². The van der Waals surface area contributed by atoms with E-state index in [1.54, 1.807) is 6.33 Å². The van der Waals surface area contributed by atoms with Gasteiger partial charge in [-0.05, 0) is 18.3 Å². The summed E-state index contributed by atoms with van der Waals surface area (Å²) in [6.45, 7) is 8.10. The van der Waals surface area contributed by atoms with Crippen LogP contribution in [0.1, 0.15) is 38.8 Å². The van der Waals surface area contributed by atoms with Gasteiger partial charge in [0.15, 0.2) is 0 Å². The first kappa shape index (κ1) is 12.3. The zero-order valence-electron chi connectivity index (χ0n) is 10.8. The molecule has 2 unspecified atom stereocenters. The first-order valence-corrected chi connectivity index (χ1v) is 6.33. The molecular formula is C13H21N3O. The quantitative estimate of drug-likeness (QED) is 0.849. The molecule has 1 aliphatic rings. The lowest BCUT2D eigenvalue weighted by molar-refractivity contribution is 0.0969. The largest absolute Gasteiger partial charge is 0.393 e. The number of piperidine rings is 1. The van der Waals surface area contributed by atoms with Crippen molar-refractivity contribution < 1.29 is 5.11 Å². The number of aliphatic hydroxyl groups excluding tert-OH is 1. The van der Waals surface area contributed by atoms with Gasteiger partial charge in [-0.1, -0.05) is 20.8 Å². The van der Waals surface area contributed by atoms with Gasteiger partial charge in [0.25, 0.3) is 0 Å². The van der Waals surface area contributed by atoms with E-state index < -0.39 is 0 Å². The van der Waals surface area contributed by atoms with Gasteiger partial charge < -0.3 is 10.0 Å². The minimum atomic E-state index is -0.169. The minimum absolute atomic E-state index is 0.169. The highest BCUT2D eigenvalue weighted by Crippen LogP contribution is 2.23. The number of hydrogen-bond acceptors (Lipinski definition) is 4. The van der Waals surface area contributed by atoms with Gasteiger partial charge >= 0.3 is 0 Å². The smallest absolute Gasteiger partial charge is 0.132 e. The molecule has 0 radical (unpaired) electrons. The molecule has 0 amide bonds. The van der Waals surface area contributed by atoms with Crippen LogP contribution < -0.4 is 4.90 Å². The fourth-order valence-corrected chi connectivity index (χ4v) is 2.19. The van der Waals surface area contributed by atoms with Crippen LogP contribution in [0.15, 0.2) is 12.4 Å². The number of aliphatic hydroxyl groups is 1. The summed E-state index contributed by atoms with van der Waals surface area (Å²) in [5, 5.41) is 9.73. The molecule has 0 aliphatic carbocycles. The third-order valence-corrected chi connectivity index (χ3v) is 3.45. The number of aromatic nitrogens is 2.